The van der Waals surface area contributed by atoms with Gasteiger partial charge in [-0.2, -0.15) is 0 Å². The quantitative estimate of drug-likeness (QED) is 0.722. The number of rotatable bonds is 4. The lowest BCUT2D eigenvalue weighted by Gasteiger charge is -2.33. The van der Waals surface area contributed by atoms with Crippen LogP contribution in [0.5, 0.6) is 0 Å². The lowest BCUT2D eigenvalue weighted by molar-refractivity contribution is 0.402. The van der Waals surface area contributed by atoms with E-state index in [2.05, 4.69) is 32.0 Å². The first kappa shape index (κ1) is 16.6. The van der Waals surface area contributed by atoms with Crippen LogP contribution in [0.4, 0.5) is 5.82 Å². The fourth-order valence-electron chi connectivity index (χ4n) is 3.56. The molecule has 4 rings (SSSR count). The summed E-state index contributed by atoms with van der Waals surface area (Å²) in [6, 6.07) is 10.2. The Kier molecular flexibility index (Phi) is 4.86. The van der Waals surface area contributed by atoms with E-state index in [4.69, 9.17) is 4.98 Å². The molecule has 1 fully saturated rings. The summed E-state index contributed by atoms with van der Waals surface area (Å²) in [5.74, 6) is 2.50. The first-order valence-corrected chi connectivity index (χ1v) is 9.18. The fraction of sp³-hybridized carbons (Fsp3) is 0.333. The van der Waals surface area contributed by atoms with Crippen LogP contribution in [-0.4, -0.2) is 33.0 Å². The minimum Gasteiger partial charge on any atom is -0.356 e. The van der Waals surface area contributed by atoms with E-state index in [1.54, 1.807) is 6.20 Å². The van der Waals surface area contributed by atoms with Crippen molar-refractivity contribution in [1.82, 2.24) is 19.9 Å². The molecule has 3 aromatic rings. The minimum absolute atomic E-state index is 0.719. The monoisotopic (exact) mass is 345 g/mol. The molecular weight excluding hydrogens is 322 g/mol. The molecule has 0 aliphatic carbocycles. The Balaban J connectivity index is 1.45. The number of aryl methyl sites for hydroxylation is 1. The molecule has 0 bridgehead atoms. The lowest BCUT2D eigenvalue weighted by atomic mass is 9.91. The smallest absolute Gasteiger partial charge is 0.163 e. The van der Waals surface area contributed by atoms with Crippen LogP contribution < -0.4 is 4.90 Å². The summed E-state index contributed by atoms with van der Waals surface area (Å²) in [5.41, 5.74) is 3.29. The molecule has 1 aliphatic rings. The maximum atomic E-state index is 4.80. The van der Waals surface area contributed by atoms with E-state index in [9.17, 15) is 0 Å². The second-order valence-electron chi connectivity index (χ2n) is 6.93. The lowest BCUT2D eigenvalue weighted by Crippen LogP contribution is -2.35. The Labute approximate surface area is 154 Å². The third kappa shape index (κ3) is 3.87. The first-order chi connectivity index (χ1) is 12.8. The molecule has 1 aliphatic heterocycles. The molecule has 0 unspecified atom stereocenters. The van der Waals surface area contributed by atoms with Crippen molar-refractivity contribution in [1.29, 1.82) is 0 Å². The summed E-state index contributed by atoms with van der Waals surface area (Å²) in [6.07, 6.45) is 10.9. The Morgan fingerprint density at radius 1 is 1.00 bits per heavy atom. The van der Waals surface area contributed by atoms with Crippen LogP contribution in [0.15, 0.2) is 55.1 Å². The van der Waals surface area contributed by atoms with Gasteiger partial charge >= 0.3 is 0 Å². The van der Waals surface area contributed by atoms with Crippen LogP contribution in [0.25, 0.3) is 11.4 Å². The Morgan fingerprint density at radius 2 is 1.77 bits per heavy atom. The molecule has 132 valence electrons. The summed E-state index contributed by atoms with van der Waals surface area (Å²) in [5, 5.41) is 0. The molecule has 4 heterocycles. The van der Waals surface area contributed by atoms with Crippen LogP contribution in [0.2, 0.25) is 0 Å². The zero-order chi connectivity index (χ0) is 17.8. The van der Waals surface area contributed by atoms with Gasteiger partial charge in [-0.1, -0.05) is 6.07 Å². The van der Waals surface area contributed by atoms with Gasteiger partial charge in [-0.15, -0.1) is 0 Å². The van der Waals surface area contributed by atoms with Crippen molar-refractivity contribution in [3.63, 3.8) is 0 Å². The SMILES string of the molecule is Cc1cc(N2CCC(Cc3cccnc3)CC2)nc(-c2cccnc2)n1. The van der Waals surface area contributed by atoms with Crippen LogP contribution >= 0.6 is 0 Å². The van der Waals surface area contributed by atoms with Gasteiger partial charge in [-0.3, -0.25) is 9.97 Å². The Bertz CT molecular complexity index is 843. The molecule has 3 aromatic heterocycles. The molecule has 1 saturated heterocycles. The highest BCUT2D eigenvalue weighted by atomic mass is 15.2. The van der Waals surface area contributed by atoms with Crippen LogP contribution in [0.1, 0.15) is 24.1 Å². The van der Waals surface area contributed by atoms with Gasteiger partial charge in [0.15, 0.2) is 5.82 Å². The summed E-state index contributed by atoms with van der Waals surface area (Å²) in [4.78, 5) is 20.2. The van der Waals surface area contributed by atoms with Crippen molar-refractivity contribution in [3.05, 3.63) is 66.4 Å². The van der Waals surface area contributed by atoms with Gasteiger partial charge in [0.2, 0.25) is 0 Å². The van der Waals surface area contributed by atoms with E-state index in [1.807, 2.05) is 43.7 Å². The molecule has 5 nitrogen and oxygen atoms in total. The fourth-order valence-corrected chi connectivity index (χ4v) is 3.56. The number of aromatic nitrogens is 4. The predicted octanol–water partition coefficient (Wildman–Crippen LogP) is 3.70. The van der Waals surface area contributed by atoms with E-state index in [0.29, 0.717) is 0 Å². The number of pyridine rings is 2. The van der Waals surface area contributed by atoms with E-state index in [-0.39, 0.29) is 0 Å². The van der Waals surface area contributed by atoms with Gasteiger partial charge in [-0.25, -0.2) is 9.97 Å². The molecule has 0 radical (unpaired) electrons. The number of hydrogen-bond donors (Lipinski definition) is 0. The minimum atomic E-state index is 0.719. The van der Waals surface area contributed by atoms with Crippen LogP contribution in [-0.2, 0) is 6.42 Å². The largest absolute Gasteiger partial charge is 0.356 e. The topological polar surface area (TPSA) is 54.8 Å². The molecular formula is C21H23N5. The molecule has 26 heavy (non-hydrogen) atoms. The van der Waals surface area contributed by atoms with Crippen molar-refractivity contribution in [2.24, 2.45) is 5.92 Å². The molecule has 0 saturated carbocycles. The highest BCUT2D eigenvalue weighted by molar-refractivity contribution is 5.56. The zero-order valence-corrected chi connectivity index (χ0v) is 15.0. The predicted molar refractivity (Wildman–Crippen MR) is 103 cm³/mol. The van der Waals surface area contributed by atoms with Gasteiger partial charge in [0.25, 0.3) is 0 Å². The molecule has 0 aromatic carbocycles. The summed E-state index contributed by atoms with van der Waals surface area (Å²) in [7, 11) is 0. The van der Waals surface area contributed by atoms with Crippen LogP contribution in [0.3, 0.4) is 0 Å². The Morgan fingerprint density at radius 3 is 2.46 bits per heavy atom. The second-order valence-corrected chi connectivity index (χ2v) is 6.93. The van der Waals surface area contributed by atoms with Crippen molar-refractivity contribution >= 4 is 5.82 Å². The van der Waals surface area contributed by atoms with E-state index >= 15 is 0 Å². The van der Waals surface area contributed by atoms with E-state index < -0.39 is 0 Å². The van der Waals surface area contributed by atoms with Gasteiger partial charge in [0.05, 0.1) is 0 Å². The normalized spacial score (nSPS) is 15.2. The first-order valence-electron chi connectivity index (χ1n) is 9.18. The third-order valence-corrected chi connectivity index (χ3v) is 4.95. The summed E-state index contributed by atoms with van der Waals surface area (Å²) < 4.78 is 0. The van der Waals surface area contributed by atoms with Crippen LogP contribution in [0, 0.1) is 12.8 Å². The molecule has 0 spiro atoms. The zero-order valence-electron chi connectivity index (χ0n) is 15.0. The molecule has 0 N–H and O–H groups in total. The number of anilines is 1. The van der Waals surface area contributed by atoms with Gasteiger partial charge < -0.3 is 4.90 Å². The maximum absolute atomic E-state index is 4.80. The van der Waals surface area contributed by atoms with Crippen molar-refractivity contribution in [2.45, 2.75) is 26.2 Å². The average molecular weight is 345 g/mol. The van der Waals surface area contributed by atoms with Gasteiger partial charge in [0, 0.05) is 55.2 Å². The highest BCUT2D eigenvalue weighted by Crippen LogP contribution is 2.26. The number of nitrogens with zero attached hydrogens (tertiary/aromatic N) is 5. The molecule has 0 atom stereocenters. The summed E-state index contributed by atoms with van der Waals surface area (Å²) >= 11 is 0. The van der Waals surface area contributed by atoms with E-state index in [1.165, 1.54) is 18.4 Å². The second kappa shape index (κ2) is 7.60. The number of hydrogen-bond acceptors (Lipinski definition) is 5. The maximum Gasteiger partial charge on any atom is 0.163 e. The Hall–Kier alpha value is -2.82. The molecule has 0 amide bonds. The summed E-state index contributed by atoms with van der Waals surface area (Å²) in [6.45, 7) is 4.10. The number of piperidine rings is 1. The third-order valence-electron chi connectivity index (χ3n) is 4.95. The average Bonchev–Trinajstić information content (AvgIpc) is 2.70. The van der Waals surface area contributed by atoms with E-state index in [0.717, 1.165) is 48.3 Å². The molecule has 5 heteroatoms. The highest BCUT2D eigenvalue weighted by Gasteiger charge is 2.21. The van der Waals surface area contributed by atoms with Gasteiger partial charge in [-0.05, 0) is 55.9 Å². The standard InChI is InChI=1S/C21H23N5/c1-16-12-20(25-21(24-16)19-5-3-9-23-15-19)26-10-6-17(7-11-26)13-18-4-2-8-22-14-18/h2-5,8-9,12,14-15,17H,6-7,10-11,13H2,1H3. The van der Waals surface area contributed by atoms with Crippen molar-refractivity contribution in [3.8, 4) is 11.4 Å². The van der Waals surface area contributed by atoms with Gasteiger partial charge in [0.1, 0.15) is 5.82 Å². The van der Waals surface area contributed by atoms with Crippen molar-refractivity contribution in [2.75, 3.05) is 18.0 Å². The van der Waals surface area contributed by atoms with Crippen molar-refractivity contribution < 1.29 is 0 Å².